The molecule has 1 aromatic carbocycles. The molecule has 6 heteroatoms. The molecule has 27 heavy (non-hydrogen) atoms. The van der Waals surface area contributed by atoms with E-state index in [4.69, 9.17) is 0 Å². The summed E-state index contributed by atoms with van der Waals surface area (Å²) in [5.41, 5.74) is 1.03. The van der Waals surface area contributed by atoms with Crippen LogP contribution in [0.3, 0.4) is 0 Å². The second-order valence-electron chi connectivity index (χ2n) is 8.16. The van der Waals surface area contributed by atoms with Crippen LogP contribution in [0.15, 0.2) is 24.3 Å². The summed E-state index contributed by atoms with van der Waals surface area (Å²) in [5.74, 6) is -0.857. The quantitative estimate of drug-likeness (QED) is 0.769. The van der Waals surface area contributed by atoms with Gasteiger partial charge in [-0.25, -0.2) is 0 Å². The van der Waals surface area contributed by atoms with Crippen LogP contribution in [0, 0.1) is 12.8 Å². The molecule has 0 aromatic heterocycles. The van der Waals surface area contributed by atoms with Gasteiger partial charge in [0, 0.05) is 17.6 Å². The maximum atomic E-state index is 13.0. The van der Waals surface area contributed by atoms with Crippen molar-refractivity contribution in [2.75, 3.05) is 13.1 Å². The van der Waals surface area contributed by atoms with Gasteiger partial charge in [0.25, 0.3) is 5.91 Å². The molecule has 150 valence electrons. The summed E-state index contributed by atoms with van der Waals surface area (Å²) in [6.07, 6.45) is 0. The van der Waals surface area contributed by atoms with Crippen LogP contribution in [-0.4, -0.2) is 47.3 Å². The number of hydrogen-bond donors (Lipinski definition) is 2. The number of amides is 3. The molecule has 0 aliphatic rings. The highest BCUT2D eigenvalue weighted by Crippen LogP contribution is 2.11. The Balaban J connectivity index is 2.91. The third kappa shape index (κ3) is 7.04. The zero-order valence-corrected chi connectivity index (χ0v) is 17.6. The van der Waals surface area contributed by atoms with E-state index in [1.165, 1.54) is 4.90 Å². The maximum absolute atomic E-state index is 13.0. The second-order valence-corrected chi connectivity index (χ2v) is 8.16. The lowest BCUT2D eigenvalue weighted by Crippen LogP contribution is -2.54. The number of nitrogens with one attached hydrogen (secondary N) is 2. The lowest BCUT2D eigenvalue weighted by molar-refractivity contribution is -0.138. The number of benzene rings is 1. The third-order valence-corrected chi connectivity index (χ3v) is 4.15. The largest absolute Gasteiger partial charge is 0.350 e. The van der Waals surface area contributed by atoms with Crippen LogP contribution < -0.4 is 10.6 Å². The predicted molar refractivity (Wildman–Crippen MR) is 107 cm³/mol. The van der Waals surface area contributed by atoms with Crippen LogP contribution in [0.25, 0.3) is 0 Å². The highest BCUT2D eigenvalue weighted by atomic mass is 16.2. The Bertz CT molecular complexity index is 677. The van der Waals surface area contributed by atoms with E-state index in [2.05, 4.69) is 10.6 Å². The van der Waals surface area contributed by atoms with Gasteiger partial charge in [0.05, 0.1) is 6.54 Å². The molecule has 0 aliphatic carbocycles. The van der Waals surface area contributed by atoms with E-state index < -0.39 is 6.04 Å². The van der Waals surface area contributed by atoms with Crippen molar-refractivity contribution < 1.29 is 14.4 Å². The molecule has 0 radical (unpaired) electrons. The molecule has 0 bridgehead atoms. The van der Waals surface area contributed by atoms with Gasteiger partial charge in [0.1, 0.15) is 6.04 Å². The van der Waals surface area contributed by atoms with Crippen molar-refractivity contribution in [2.24, 2.45) is 5.92 Å². The van der Waals surface area contributed by atoms with E-state index in [0.717, 1.165) is 5.56 Å². The van der Waals surface area contributed by atoms with Crippen molar-refractivity contribution in [1.82, 2.24) is 15.5 Å². The molecule has 2 N–H and O–H groups in total. The third-order valence-electron chi connectivity index (χ3n) is 4.15. The molecular formula is C21H33N3O3. The Labute approximate surface area is 162 Å². The highest BCUT2D eigenvalue weighted by molar-refractivity contribution is 5.99. The first kappa shape index (κ1) is 22.7. The molecule has 1 aromatic rings. The lowest BCUT2D eigenvalue weighted by atomic mass is 10.0. The first-order chi connectivity index (χ1) is 12.5. The Hall–Kier alpha value is -2.37. The SMILES string of the molecule is CCN(CC(=O)NC(C)(C)C)C(=O)C(NC(=O)c1ccccc1C)C(C)C. The fourth-order valence-electron chi connectivity index (χ4n) is 2.73. The van der Waals surface area contributed by atoms with E-state index in [1.807, 2.05) is 60.6 Å². The van der Waals surface area contributed by atoms with Crippen molar-refractivity contribution in [2.45, 2.75) is 60.0 Å². The molecule has 1 atom stereocenters. The molecule has 0 fully saturated rings. The second kappa shape index (κ2) is 9.53. The summed E-state index contributed by atoms with van der Waals surface area (Å²) in [6.45, 7) is 13.5. The zero-order valence-electron chi connectivity index (χ0n) is 17.6. The molecule has 0 heterocycles. The van der Waals surface area contributed by atoms with Gasteiger partial charge in [0.2, 0.25) is 11.8 Å². The highest BCUT2D eigenvalue weighted by Gasteiger charge is 2.30. The first-order valence-corrected chi connectivity index (χ1v) is 9.42. The average Bonchev–Trinajstić information content (AvgIpc) is 2.55. The summed E-state index contributed by atoms with van der Waals surface area (Å²) in [7, 11) is 0. The molecule has 6 nitrogen and oxygen atoms in total. The Morgan fingerprint density at radius 1 is 1.11 bits per heavy atom. The Morgan fingerprint density at radius 2 is 1.70 bits per heavy atom. The van der Waals surface area contributed by atoms with Gasteiger partial charge in [-0.1, -0.05) is 32.0 Å². The zero-order chi connectivity index (χ0) is 20.8. The topological polar surface area (TPSA) is 78.5 Å². The predicted octanol–water partition coefficient (Wildman–Crippen LogP) is 2.51. The smallest absolute Gasteiger partial charge is 0.252 e. The first-order valence-electron chi connectivity index (χ1n) is 9.42. The fourth-order valence-corrected chi connectivity index (χ4v) is 2.73. The van der Waals surface area contributed by atoms with Gasteiger partial charge in [-0.2, -0.15) is 0 Å². The van der Waals surface area contributed by atoms with Gasteiger partial charge in [0.15, 0.2) is 0 Å². The molecular weight excluding hydrogens is 342 g/mol. The van der Waals surface area contributed by atoms with Gasteiger partial charge in [-0.05, 0) is 52.2 Å². The maximum Gasteiger partial charge on any atom is 0.252 e. The minimum atomic E-state index is -0.695. The minimum absolute atomic E-state index is 0.0317. The number of nitrogens with zero attached hydrogens (tertiary/aromatic N) is 1. The summed E-state index contributed by atoms with van der Waals surface area (Å²) in [5, 5.41) is 5.71. The monoisotopic (exact) mass is 375 g/mol. The summed E-state index contributed by atoms with van der Waals surface area (Å²) in [6, 6.07) is 6.56. The van der Waals surface area contributed by atoms with Gasteiger partial charge >= 0.3 is 0 Å². The fraction of sp³-hybridized carbons (Fsp3) is 0.571. The molecule has 0 spiro atoms. The van der Waals surface area contributed by atoms with Gasteiger partial charge in [-0.15, -0.1) is 0 Å². The molecule has 0 saturated carbocycles. The van der Waals surface area contributed by atoms with E-state index in [0.29, 0.717) is 12.1 Å². The van der Waals surface area contributed by atoms with Crippen molar-refractivity contribution in [1.29, 1.82) is 0 Å². The van der Waals surface area contributed by atoms with Crippen LogP contribution in [0.5, 0.6) is 0 Å². The van der Waals surface area contributed by atoms with Crippen LogP contribution in [0.2, 0.25) is 0 Å². The molecule has 0 aliphatic heterocycles. The molecule has 0 saturated heterocycles. The number of aryl methyl sites for hydroxylation is 1. The number of carbonyl (C=O) groups excluding carboxylic acids is 3. The van der Waals surface area contributed by atoms with E-state index >= 15 is 0 Å². The number of hydrogen-bond acceptors (Lipinski definition) is 3. The van der Waals surface area contributed by atoms with E-state index in [-0.39, 0.29) is 35.7 Å². The van der Waals surface area contributed by atoms with Crippen LogP contribution >= 0.6 is 0 Å². The van der Waals surface area contributed by atoms with Crippen molar-refractivity contribution >= 4 is 17.7 Å². The number of rotatable bonds is 7. The van der Waals surface area contributed by atoms with Crippen LogP contribution in [0.1, 0.15) is 57.5 Å². The van der Waals surface area contributed by atoms with E-state index in [9.17, 15) is 14.4 Å². The summed E-state index contributed by atoms with van der Waals surface area (Å²) >= 11 is 0. The number of likely N-dealkylation sites (N-methyl/N-ethyl adjacent to an activating group) is 1. The molecule has 1 unspecified atom stereocenters. The summed E-state index contributed by atoms with van der Waals surface area (Å²) < 4.78 is 0. The van der Waals surface area contributed by atoms with E-state index in [1.54, 1.807) is 12.1 Å². The van der Waals surface area contributed by atoms with Crippen molar-refractivity contribution in [3.8, 4) is 0 Å². The molecule has 1 rings (SSSR count). The minimum Gasteiger partial charge on any atom is -0.350 e. The Morgan fingerprint density at radius 3 is 2.19 bits per heavy atom. The van der Waals surface area contributed by atoms with Gasteiger partial charge in [-0.3, -0.25) is 14.4 Å². The van der Waals surface area contributed by atoms with Crippen molar-refractivity contribution in [3.05, 3.63) is 35.4 Å². The number of carbonyl (C=O) groups is 3. The average molecular weight is 376 g/mol. The lowest BCUT2D eigenvalue weighted by Gasteiger charge is -2.30. The van der Waals surface area contributed by atoms with Gasteiger partial charge < -0.3 is 15.5 Å². The summed E-state index contributed by atoms with van der Waals surface area (Å²) in [4.78, 5) is 39.3. The molecule has 3 amide bonds. The Kier molecular flexibility index (Phi) is 8.00. The van der Waals surface area contributed by atoms with Crippen LogP contribution in [0.4, 0.5) is 0 Å². The van der Waals surface area contributed by atoms with Crippen molar-refractivity contribution in [3.63, 3.8) is 0 Å². The standard InChI is InChI=1S/C21H33N3O3/c1-8-24(13-17(25)23-21(5,6)7)20(27)18(14(2)3)22-19(26)16-12-10-9-11-15(16)4/h9-12,14,18H,8,13H2,1-7H3,(H,22,26)(H,23,25). The normalized spacial score (nSPS) is 12.4. The van der Waals surface area contributed by atoms with Crippen LogP contribution in [-0.2, 0) is 9.59 Å².